The van der Waals surface area contributed by atoms with Crippen LogP contribution in [-0.4, -0.2) is 74.9 Å². The molecule has 1 aliphatic heterocycles. The highest BCUT2D eigenvalue weighted by Gasteiger charge is 2.28. The summed E-state index contributed by atoms with van der Waals surface area (Å²) in [6, 6.07) is 6.78. The molecule has 1 saturated heterocycles. The van der Waals surface area contributed by atoms with Crippen LogP contribution in [0.5, 0.6) is 0 Å². The van der Waals surface area contributed by atoms with Crippen molar-refractivity contribution >= 4 is 22.1 Å². The number of amides is 2. The summed E-state index contributed by atoms with van der Waals surface area (Å²) >= 11 is 0. The van der Waals surface area contributed by atoms with E-state index in [0.29, 0.717) is 37.3 Å². The van der Waals surface area contributed by atoms with Crippen LogP contribution in [0.1, 0.15) is 36.7 Å². The van der Waals surface area contributed by atoms with Crippen LogP contribution in [0.4, 0.5) is 4.79 Å². The normalized spacial score (nSPS) is 14.8. The number of benzene rings is 1. The number of rotatable bonds is 3. The van der Waals surface area contributed by atoms with Crippen LogP contribution in [0, 0.1) is 11.8 Å². The first kappa shape index (κ1) is 22.7. The number of carbonyl (C=O) groups excluding carboxylic acids is 2. The fourth-order valence-corrected chi connectivity index (χ4v) is 2.88. The average Bonchev–Trinajstić information content (AvgIpc) is 2.63. The van der Waals surface area contributed by atoms with Gasteiger partial charge in [-0.15, -0.1) is 0 Å². The Labute approximate surface area is 171 Å². The molecule has 2 amide bonds. The molecule has 0 spiro atoms. The molecule has 8 nitrogen and oxygen atoms in total. The van der Waals surface area contributed by atoms with E-state index in [4.69, 9.17) is 4.74 Å². The molecule has 0 aliphatic carbocycles. The fourth-order valence-electron chi connectivity index (χ4n) is 2.61. The Kier molecular flexibility index (Phi) is 7.27. The van der Waals surface area contributed by atoms with Gasteiger partial charge in [0.05, 0.1) is 6.26 Å². The molecule has 1 aliphatic rings. The van der Waals surface area contributed by atoms with Crippen LogP contribution in [0.3, 0.4) is 0 Å². The molecule has 0 saturated carbocycles. The lowest BCUT2D eigenvalue weighted by atomic mass is 10.1. The average molecular weight is 423 g/mol. The summed E-state index contributed by atoms with van der Waals surface area (Å²) in [4.78, 5) is 28.2. The minimum atomic E-state index is -3.54. The Balaban J connectivity index is 1.95. The second-order valence-corrected chi connectivity index (χ2v) is 9.25. The van der Waals surface area contributed by atoms with E-state index < -0.39 is 15.7 Å². The number of ether oxygens (including phenoxy) is 1. The third-order valence-electron chi connectivity index (χ3n) is 3.91. The van der Waals surface area contributed by atoms with E-state index in [1.165, 1.54) is 0 Å². The van der Waals surface area contributed by atoms with Crippen molar-refractivity contribution in [2.24, 2.45) is 0 Å². The van der Waals surface area contributed by atoms with Gasteiger partial charge in [0.15, 0.2) is 0 Å². The Bertz CT molecular complexity index is 916. The smallest absolute Gasteiger partial charge is 0.410 e. The Morgan fingerprint density at radius 3 is 2.31 bits per heavy atom. The SMILES string of the molecule is CC(C)(C)OC(=O)N1CCN(C(=O)c2cccc(C#CCOS(C)(=O)=O)c2)CC1. The first-order valence-electron chi connectivity index (χ1n) is 9.15. The molecule has 0 unspecified atom stereocenters. The van der Waals surface area contributed by atoms with E-state index in [1.807, 2.05) is 20.8 Å². The molecular formula is C20H26N2O6S. The molecule has 9 heteroatoms. The van der Waals surface area contributed by atoms with E-state index >= 15 is 0 Å². The molecule has 0 aromatic heterocycles. The van der Waals surface area contributed by atoms with Crippen LogP contribution in [0.25, 0.3) is 0 Å². The standard InChI is InChI=1S/C20H26N2O6S/c1-20(2,3)28-19(24)22-12-10-21(11-13-22)18(23)17-9-5-7-16(15-17)8-6-14-27-29(4,25)26/h5,7,9,15H,10-14H2,1-4H3. The molecule has 1 heterocycles. The van der Waals surface area contributed by atoms with Crippen molar-refractivity contribution in [2.45, 2.75) is 26.4 Å². The molecule has 158 valence electrons. The van der Waals surface area contributed by atoms with Gasteiger partial charge in [0.1, 0.15) is 12.2 Å². The molecule has 29 heavy (non-hydrogen) atoms. The molecule has 1 aromatic carbocycles. The van der Waals surface area contributed by atoms with E-state index in [0.717, 1.165) is 6.26 Å². The summed E-state index contributed by atoms with van der Waals surface area (Å²) in [5.74, 6) is 5.24. The second-order valence-electron chi connectivity index (χ2n) is 7.61. The molecule has 1 aromatic rings. The predicted molar refractivity (Wildman–Crippen MR) is 108 cm³/mol. The Morgan fingerprint density at radius 1 is 1.10 bits per heavy atom. The number of piperazine rings is 1. The van der Waals surface area contributed by atoms with Crippen LogP contribution in [0.2, 0.25) is 0 Å². The maximum Gasteiger partial charge on any atom is 0.410 e. The van der Waals surface area contributed by atoms with Gasteiger partial charge < -0.3 is 14.5 Å². The predicted octanol–water partition coefficient (Wildman–Crippen LogP) is 1.71. The minimum Gasteiger partial charge on any atom is -0.444 e. The second kappa shape index (κ2) is 9.29. The lowest BCUT2D eigenvalue weighted by molar-refractivity contribution is 0.0141. The monoisotopic (exact) mass is 422 g/mol. The number of nitrogens with zero attached hydrogens (tertiary/aromatic N) is 2. The molecular weight excluding hydrogens is 396 g/mol. The zero-order valence-electron chi connectivity index (χ0n) is 17.1. The first-order valence-corrected chi connectivity index (χ1v) is 11.0. The van der Waals surface area contributed by atoms with Gasteiger partial charge in [-0.25, -0.2) is 4.79 Å². The molecule has 0 N–H and O–H groups in total. The third kappa shape index (κ3) is 7.75. The quantitative estimate of drug-likeness (QED) is 0.544. The van der Waals surface area contributed by atoms with Gasteiger partial charge in [0.25, 0.3) is 16.0 Å². The number of hydrogen-bond acceptors (Lipinski definition) is 6. The topological polar surface area (TPSA) is 93.2 Å². The molecule has 0 radical (unpaired) electrons. The number of hydrogen-bond donors (Lipinski definition) is 0. The van der Waals surface area contributed by atoms with E-state index in [9.17, 15) is 18.0 Å². The van der Waals surface area contributed by atoms with Gasteiger partial charge in [-0.1, -0.05) is 17.9 Å². The largest absolute Gasteiger partial charge is 0.444 e. The highest BCUT2D eigenvalue weighted by atomic mass is 32.2. The van der Waals surface area contributed by atoms with Crippen molar-refractivity contribution in [1.29, 1.82) is 0 Å². The summed E-state index contributed by atoms with van der Waals surface area (Å²) in [6.45, 7) is 6.83. The van der Waals surface area contributed by atoms with Crippen molar-refractivity contribution in [3.63, 3.8) is 0 Å². The molecule has 0 bridgehead atoms. The van der Waals surface area contributed by atoms with Gasteiger partial charge in [-0.2, -0.15) is 8.42 Å². The van der Waals surface area contributed by atoms with Crippen molar-refractivity contribution < 1.29 is 26.9 Å². The third-order valence-corrected chi connectivity index (χ3v) is 4.45. The molecule has 1 fully saturated rings. The molecule has 0 atom stereocenters. The van der Waals surface area contributed by atoms with Crippen molar-refractivity contribution in [1.82, 2.24) is 9.80 Å². The highest BCUT2D eigenvalue weighted by Crippen LogP contribution is 2.14. The van der Waals surface area contributed by atoms with E-state index in [1.54, 1.807) is 34.1 Å². The Morgan fingerprint density at radius 2 is 1.72 bits per heavy atom. The number of carbonyl (C=O) groups is 2. The Hall–Kier alpha value is -2.57. The molecule has 2 rings (SSSR count). The summed E-state index contributed by atoms with van der Waals surface area (Å²) in [5, 5.41) is 0. The van der Waals surface area contributed by atoms with E-state index in [2.05, 4.69) is 16.0 Å². The van der Waals surface area contributed by atoms with Crippen LogP contribution in [-0.2, 0) is 19.0 Å². The van der Waals surface area contributed by atoms with Gasteiger partial charge in [0.2, 0.25) is 0 Å². The van der Waals surface area contributed by atoms with Crippen molar-refractivity contribution in [2.75, 3.05) is 39.0 Å². The van der Waals surface area contributed by atoms with Crippen LogP contribution < -0.4 is 0 Å². The maximum atomic E-state index is 12.8. The van der Waals surface area contributed by atoms with Gasteiger partial charge in [-0.05, 0) is 39.0 Å². The van der Waals surface area contributed by atoms with Crippen LogP contribution in [0.15, 0.2) is 24.3 Å². The zero-order valence-corrected chi connectivity index (χ0v) is 17.9. The zero-order chi connectivity index (χ0) is 21.7. The summed E-state index contributed by atoms with van der Waals surface area (Å²) < 4.78 is 31.8. The van der Waals surface area contributed by atoms with Gasteiger partial charge >= 0.3 is 6.09 Å². The van der Waals surface area contributed by atoms with Crippen molar-refractivity contribution in [3.05, 3.63) is 35.4 Å². The van der Waals surface area contributed by atoms with E-state index in [-0.39, 0.29) is 18.6 Å². The van der Waals surface area contributed by atoms with Gasteiger partial charge in [-0.3, -0.25) is 8.98 Å². The summed E-state index contributed by atoms with van der Waals surface area (Å²) in [6.07, 6.45) is 0.578. The lowest BCUT2D eigenvalue weighted by Crippen LogP contribution is -2.51. The summed E-state index contributed by atoms with van der Waals surface area (Å²) in [5.41, 5.74) is 0.504. The minimum absolute atomic E-state index is 0.148. The lowest BCUT2D eigenvalue weighted by Gasteiger charge is -2.35. The fraction of sp³-hybridized carbons (Fsp3) is 0.500. The van der Waals surface area contributed by atoms with Gasteiger partial charge in [0, 0.05) is 37.3 Å². The van der Waals surface area contributed by atoms with Crippen molar-refractivity contribution in [3.8, 4) is 11.8 Å². The summed E-state index contributed by atoms with van der Waals surface area (Å²) in [7, 11) is -3.54. The first-order chi connectivity index (χ1) is 13.4. The maximum absolute atomic E-state index is 12.8. The van der Waals surface area contributed by atoms with Crippen LogP contribution >= 0.6 is 0 Å². The highest BCUT2D eigenvalue weighted by molar-refractivity contribution is 7.86.